The zero-order chi connectivity index (χ0) is 25.3. The molecular weight excluding hydrogens is 444 g/mol. The van der Waals surface area contributed by atoms with Crippen molar-refractivity contribution in [1.29, 1.82) is 0 Å². The zero-order valence-corrected chi connectivity index (χ0v) is 17.9. The van der Waals surface area contributed by atoms with Crippen LogP contribution in [0.1, 0.15) is 26.0 Å². The molecule has 1 aromatic rings. The number of hydrogen-bond donors (Lipinski definition) is 9. The molecule has 0 radical (unpaired) electrons. The van der Waals surface area contributed by atoms with Gasteiger partial charge in [0.25, 0.3) is 0 Å². The summed E-state index contributed by atoms with van der Waals surface area (Å²) >= 11 is 0. The number of carboxylic acids is 2. The van der Waals surface area contributed by atoms with Gasteiger partial charge in [0.2, 0.25) is 17.7 Å². The normalized spacial score (nSPS) is 16.4. The lowest BCUT2D eigenvalue weighted by atomic mass is 10.1. The number of imidazole rings is 1. The van der Waals surface area contributed by atoms with Crippen molar-refractivity contribution >= 4 is 29.7 Å². The second-order valence-corrected chi connectivity index (χ2v) is 7.33. The number of aromatic amines is 1. The standard InChI is InChI=1S/C18H28N6O9/c1-7(25)13(19)17(31)23-10(3-9-5-20-6-21-9)15(29)22-11(4-12(27)28)16(30)24-14(8(2)26)18(32)33/h5-8,10-11,13-14,25-26H,3-4,19H2,1-2H3,(H,20,21)(H,22,29)(H,23,31)(H,24,30)(H,27,28)(H,32,33). The van der Waals surface area contributed by atoms with E-state index in [0.717, 1.165) is 6.92 Å². The molecule has 10 N–H and O–H groups in total. The summed E-state index contributed by atoms with van der Waals surface area (Å²) in [7, 11) is 0. The second-order valence-electron chi connectivity index (χ2n) is 7.33. The molecule has 1 heterocycles. The van der Waals surface area contributed by atoms with Gasteiger partial charge in [0.05, 0.1) is 25.0 Å². The number of carboxylic acid groups (broad SMARTS) is 2. The van der Waals surface area contributed by atoms with Crippen molar-refractivity contribution in [1.82, 2.24) is 25.9 Å². The van der Waals surface area contributed by atoms with Gasteiger partial charge in [0, 0.05) is 18.3 Å². The van der Waals surface area contributed by atoms with Gasteiger partial charge in [-0.25, -0.2) is 9.78 Å². The van der Waals surface area contributed by atoms with E-state index in [1.165, 1.54) is 19.4 Å². The monoisotopic (exact) mass is 472 g/mol. The first-order chi connectivity index (χ1) is 15.3. The predicted octanol–water partition coefficient (Wildman–Crippen LogP) is -3.95. The van der Waals surface area contributed by atoms with Crippen LogP contribution in [-0.2, 0) is 30.4 Å². The van der Waals surface area contributed by atoms with Crippen molar-refractivity contribution in [3.8, 4) is 0 Å². The Bertz CT molecular complexity index is 842. The van der Waals surface area contributed by atoms with Gasteiger partial charge in [-0.1, -0.05) is 0 Å². The van der Waals surface area contributed by atoms with E-state index in [-0.39, 0.29) is 6.42 Å². The van der Waals surface area contributed by atoms with E-state index in [4.69, 9.17) is 15.9 Å². The number of aromatic nitrogens is 2. The first-order valence-electron chi connectivity index (χ1n) is 9.78. The molecule has 1 rings (SSSR count). The van der Waals surface area contributed by atoms with Crippen molar-refractivity contribution in [2.45, 2.75) is 63.1 Å². The molecule has 6 atom stereocenters. The molecule has 1 aromatic heterocycles. The van der Waals surface area contributed by atoms with Crippen LogP contribution >= 0.6 is 0 Å². The van der Waals surface area contributed by atoms with Crippen LogP contribution in [0.4, 0.5) is 0 Å². The molecule has 3 amide bonds. The summed E-state index contributed by atoms with van der Waals surface area (Å²) in [6.45, 7) is 2.37. The van der Waals surface area contributed by atoms with Crippen LogP contribution in [0.2, 0.25) is 0 Å². The topological polar surface area (TPSA) is 257 Å². The SMILES string of the molecule is CC(O)C(N)C(=O)NC(Cc1cnc[nH]1)C(=O)NC(CC(=O)O)C(=O)NC(C(=O)O)C(C)O. The van der Waals surface area contributed by atoms with Crippen molar-refractivity contribution in [2.75, 3.05) is 0 Å². The van der Waals surface area contributed by atoms with Crippen molar-refractivity contribution in [3.05, 3.63) is 18.2 Å². The fourth-order valence-corrected chi connectivity index (χ4v) is 2.61. The van der Waals surface area contributed by atoms with Crippen LogP contribution < -0.4 is 21.7 Å². The highest BCUT2D eigenvalue weighted by molar-refractivity contribution is 5.95. The second kappa shape index (κ2) is 12.5. The van der Waals surface area contributed by atoms with Crippen molar-refractivity contribution in [3.63, 3.8) is 0 Å². The maximum Gasteiger partial charge on any atom is 0.328 e. The quantitative estimate of drug-likeness (QED) is 0.134. The van der Waals surface area contributed by atoms with Crippen LogP contribution in [0, 0.1) is 0 Å². The third kappa shape index (κ3) is 8.83. The Morgan fingerprint density at radius 3 is 2.00 bits per heavy atom. The fourth-order valence-electron chi connectivity index (χ4n) is 2.61. The summed E-state index contributed by atoms with van der Waals surface area (Å²) in [5.74, 6) is -6.10. The zero-order valence-electron chi connectivity index (χ0n) is 17.9. The number of aliphatic hydroxyl groups excluding tert-OH is 2. The minimum atomic E-state index is -1.75. The van der Waals surface area contributed by atoms with Gasteiger partial charge in [-0.05, 0) is 13.8 Å². The van der Waals surface area contributed by atoms with Crippen LogP contribution in [-0.4, -0.2) is 96.4 Å². The number of carbonyl (C=O) groups excluding carboxylic acids is 3. The molecule has 15 nitrogen and oxygen atoms in total. The Labute approximate surface area is 187 Å². The average Bonchev–Trinajstić information content (AvgIpc) is 3.22. The molecule has 6 unspecified atom stereocenters. The summed E-state index contributed by atoms with van der Waals surface area (Å²) in [5, 5.41) is 43.6. The van der Waals surface area contributed by atoms with Gasteiger partial charge in [-0.15, -0.1) is 0 Å². The molecule has 0 aliphatic heterocycles. The number of nitrogens with two attached hydrogens (primary N) is 1. The molecule has 0 saturated heterocycles. The number of hydrogen-bond acceptors (Lipinski definition) is 9. The Balaban J connectivity index is 3.07. The Hall–Kier alpha value is -3.56. The Morgan fingerprint density at radius 1 is 0.970 bits per heavy atom. The van der Waals surface area contributed by atoms with E-state index in [1.807, 2.05) is 5.32 Å². The van der Waals surface area contributed by atoms with Crippen molar-refractivity contribution < 1.29 is 44.4 Å². The third-order valence-corrected chi connectivity index (χ3v) is 4.49. The fraction of sp³-hybridized carbons (Fsp3) is 0.556. The maximum absolute atomic E-state index is 12.8. The molecule has 0 spiro atoms. The average molecular weight is 472 g/mol. The molecule has 15 heteroatoms. The summed E-state index contributed by atoms with van der Waals surface area (Å²) in [5.41, 5.74) is 5.98. The number of nitrogens with zero attached hydrogens (tertiary/aromatic N) is 1. The highest BCUT2D eigenvalue weighted by Crippen LogP contribution is 2.04. The van der Waals surface area contributed by atoms with Gasteiger partial charge in [0.15, 0.2) is 6.04 Å². The van der Waals surface area contributed by atoms with E-state index in [9.17, 15) is 34.2 Å². The molecule has 0 fully saturated rings. The van der Waals surface area contributed by atoms with E-state index in [2.05, 4.69) is 20.6 Å². The van der Waals surface area contributed by atoms with Gasteiger partial charge in [-0.2, -0.15) is 0 Å². The summed E-state index contributed by atoms with van der Waals surface area (Å²) in [6, 6.07) is -6.22. The smallest absolute Gasteiger partial charge is 0.328 e. The highest BCUT2D eigenvalue weighted by atomic mass is 16.4. The number of amides is 3. The largest absolute Gasteiger partial charge is 0.481 e. The number of aliphatic carboxylic acids is 2. The van der Waals surface area contributed by atoms with Gasteiger partial charge in [-0.3, -0.25) is 19.2 Å². The maximum atomic E-state index is 12.8. The summed E-state index contributed by atoms with van der Waals surface area (Å²) < 4.78 is 0. The van der Waals surface area contributed by atoms with Crippen molar-refractivity contribution in [2.24, 2.45) is 5.73 Å². The molecular formula is C18H28N6O9. The molecule has 0 aliphatic carbocycles. The third-order valence-electron chi connectivity index (χ3n) is 4.49. The molecule has 0 aliphatic rings. The summed E-state index contributed by atoms with van der Waals surface area (Å²) in [6.07, 6.45) is -1.14. The number of aliphatic hydroxyl groups is 2. The minimum Gasteiger partial charge on any atom is -0.481 e. The molecule has 184 valence electrons. The Kier molecular flexibility index (Phi) is 10.4. The molecule has 33 heavy (non-hydrogen) atoms. The van der Waals surface area contributed by atoms with E-state index in [0.29, 0.717) is 5.69 Å². The van der Waals surface area contributed by atoms with Crippen LogP contribution in [0.3, 0.4) is 0 Å². The number of H-pyrrole nitrogens is 1. The van der Waals surface area contributed by atoms with Gasteiger partial charge >= 0.3 is 11.9 Å². The van der Waals surface area contributed by atoms with E-state index < -0.39 is 72.5 Å². The lowest BCUT2D eigenvalue weighted by Gasteiger charge is -2.25. The molecule has 0 bridgehead atoms. The van der Waals surface area contributed by atoms with E-state index in [1.54, 1.807) is 0 Å². The van der Waals surface area contributed by atoms with Crippen LogP contribution in [0.15, 0.2) is 12.5 Å². The first-order valence-corrected chi connectivity index (χ1v) is 9.78. The summed E-state index contributed by atoms with van der Waals surface area (Å²) in [4.78, 5) is 66.5. The van der Waals surface area contributed by atoms with E-state index >= 15 is 0 Å². The molecule has 0 aromatic carbocycles. The predicted molar refractivity (Wildman–Crippen MR) is 109 cm³/mol. The lowest BCUT2D eigenvalue weighted by Crippen LogP contribution is -2.59. The van der Waals surface area contributed by atoms with Gasteiger partial charge < -0.3 is 47.1 Å². The number of nitrogens with one attached hydrogen (secondary N) is 4. The van der Waals surface area contributed by atoms with Crippen LogP contribution in [0.25, 0.3) is 0 Å². The highest BCUT2D eigenvalue weighted by Gasteiger charge is 2.33. The molecule has 0 saturated carbocycles. The Morgan fingerprint density at radius 2 is 1.55 bits per heavy atom. The number of rotatable bonds is 13. The first kappa shape index (κ1) is 27.5. The van der Waals surface area contributed by atoms with Gasteiger partial charge in [0.1, 0.15) is 18.1 Å². The van der Waals surface area contributed by atoms with Crippen LogP contribution in [0.5, 0.6) is 0 Å². The lowest BCUT2D eigenvalue weighted by molar-refractivity contribution is -0.146. The minimum absolute atomic E-state index is 0.156. The number of carbonyl (C=O) groups is 5.